The van der Waals surface area contributed by atoms with Crippen LogP contribution in [-0.2, 0) is 9.53 Å². The largest absolute Gasteiger partial charge is 0.466 e. The van der Waals surface area contributed by atoms with Gasteiger partial charge in [-0.3, -0.25) is 4.79 Å². The zero-order valence-corrected chi connectivity index (χ0v) is 10.6. The lowest BCUT2D eigenvalue weighted by atomic mass is 9.64. The zero-order valence-electron chi connectivity index (χ0n) is 10.6. The lowest BCUT2D eigenvalue weighted by molar-refractivity contribution is -0.144. The lowest BCUT2D eigenvalue weighted by Crippen LogP contribution is -2.61. The molecule has 2 N–H and O–H groups in total. The Morgan fingerprint density at radius 3 is 2.69 bits per heavy atom. The Hall–Kier alpha value is -0.610. The molecular weight excluding hydrogens is 206 g/mol. The number of rotatable bonds is 5. The SMILES string of the molecule is CCOC(=O)CC(C)NC1CC(O)C1(C)C. The van der Waals surface area contributed by atoms with Crippen LogP contribution in [0.25, 0.3) is 0 Å². The van der Waals surface area contributed by atoms with E-state index in [2.05, 4.69) is 5.32 Å². The highest BCUT2D eigenvalue weighted by molar-refractivity contribution is 5.70. The second-order valence-electron chi connectivity index (χ2n) is 5.20. The normalized spacial score (nSPS) is 29.3. The van der Waals surface area contributed by atoms with E-state index in [4.69, 9.17) is 4.74 Å². The van der Waals surface area contributed by atoms with Gasteiger partial charge in [0, 0.05) is 17.5 Å². The van der Waals surface area contributed by atoms with Gasteiger partial charge in [-0.25, -0.2) is 0 Å². The van der Waals surface area contributed by atoms with Crippen molar-refractivity contribution in [3.05, 3.63) is 0 Å². The Balaban J connectivity index is 2.30. The minimum Gasteiger partial charge on any atom is -0.466 e. The second kappa shape index (κ2) is 5.15. The van der Waals surface area contributed by atoms with E-state index < -0.39 is 0 Å². The third kappa shape index (κ3) is 2.95. The van der Waals surface area contributed by atoms with E-state index in [1.165, 1.54) is 0 Å². The third-order valence-corrected chi connectivity index (χ3v) is 3.48. The molecule has 0 aromatic heterocycles. The van der Waals surface area contributed by atoms with Crippen LogP contribution in [0, 0.1) is 5.41 Å². The molecular formula is C12H23NO3. The van der Waals surface area contributed by atoms with Crippen molar-refractivity contribution in [2.45, 2.75) is 58.7 Å². The predicted molar refractivity (Wildman–Crippen MR) is 62.0 cm³/mol. The minimum absolute atomic E-state index is 0.0934. The number of aliphatic hydroxyl groups excluding tert-OH is 1. The molecule has 94 valence electrons. The summed E-state index contributed by atoms with van der Waals surface area (Å²) in [5.74, 6) is -0.167. The number of hydrogen-bond donors (Lipinski definition) is 2. The average Bonchev–Trinajstić information content (AvgIpc) is 2.17. The fourth-order valence-electron chi connectivity index (χ4n) is 2.06. The zero-order chi connectivity index (χ0) is 12.3. The van der Waals surface area contributed by atoms with Gasteiger partial charge in [-0.1, -0.05) is 13.8 Å². The average molecular weight is 229 g/mol. The standard InChI is InChI=1S/C12H23NO3/c1-5-16-11(15)6-8(2)13-9-7-10(14)12(9,3)4/h8-10,13-14H,5-7H2,1-4H3. The number of aliphatic hydroxyl groups is 1. The second-order valence-corrected chi connectivity index (χ2v) is 5.20. The van der Waals surface area contributed by atoms with Crippen molar-refractivity contribution in [3.63, 3.8) is 0 Å². The van der Waals surface area contributed by atoms with Crippen molar-refractivity contribution >= 4 is 5.97 Å². The lowest BCUT2D eigenvalue weighted by Gasteiger charge is -2.50. The Labute approximate surface area is 97.4 Å². The Morgan fingerprint density at radius 2 is 2.25 bits per heavy atom. The van der Waals surface area contributed by atoms with Crippen LogP contribution in [0.15, 0.2) is 0 Å². The quantitative estimate of drug-likeness (QED) is 0.693. The summed E-state index contributed by atoms with van der Waals surface area (Å²) in [6.45, 7) is 8.28. The van der Waals surface area contributed by atoms with Crippen LogP contribution in [-0.4, -0.2) is 35.9 Å². The highest BCUT2D eigenvalue weighted by Gasteiger charge is 2.47. The molecule has 0 aromatic rings. The summed E-state index contributed by atoms with van der Waals surface area (Å²) in [7, 11) is 0. The van der Waals surface area contributed by atoms with E-state index in [0.29, 0.717) is 13.0 Å². The molecule has 3 unspecified atom stereocenters. The Bertz CT molecular complexity index is 253. The first-order valence-electron chi connectivity index (χ1n) is 5.97. The van der Waals surface area contributed by atoms with Gasteiger partial charge in [-0.15, -0.1) is 0 Å². The van der Waals surface area contributed by atoms with Crippen LogP contribution < -0.4 is 5.32 Å². The van der Waals surface area contributed by atoms with Crippen LogP contribution >= 0.6 is 0 Å². The van der Waals surface area contributed by atoms with E-state index in [1.807, 2.05) is 20.8 Å². The number of carbonyl (C=O) groups is 1. The van der Waals surface area contributed by atoms with E-state index >= 15 is 0 Å². The van der Waals surface area contributed by atoms with Gasteiger partial charge in [0.15, 0.2) is 0 Å². The number of esters is 1. The number of ether oxygens (including phenoxy) is 1. The number of nitrogens with one attached hydrogen (secondary N) is 1. The smallest absolute Gasteiger partial charge is 0.307 e. The summed E-state index contributed by atoms with van der Waals surface area (Å²) in [5, 5.41) is 13.0. The van der Waals surface area contributed by atoms with Crippen LogP contribution in [0.1, 0.15) is 40.5 Å². The minimum atomic E-state index is -0.236. The van der Waals surface area contributed by atoms with Crippen molar-refractivity contribution in [2.75, 3.05) is 6.61 Å². The molecule has 16 heavy (non-hydrogen) atoms. The summed E-state index contributed by atoms with van der Waals surface area (Å²) >= 11 is 0. The monoisotopic (exact) mass is 229 g/mol. The summed E-state index contributed by atoms with van der Waals surface area (Å²) in [6, 6.07) is 0.378. The molecule has 0 heterocycles. The first-order chi connectivity index (χ1) is 7.37. The molecule has 1 aliphatic rings. The van der Waals surface area contributed by atoms with Crippen LogP contribution in [0.4, 0.5) is 0 Å². The van der Waals surface area contributed by atoms with Crippen LogP contribution in [0.5, 0.6) is 0 Å². The topological polar surface area (TPSA) is 58.6 Å². The van der Waals surface area contributed by atoms with Gasteiger partial charge in [0.1, 0.15) is 0 Å². The fraction of sp³-hybridized carbons (Fsp3) is 0.917. The van der Waals surface area contributed by atoms with E-state index in [0.717, 1.165) is 6.42 Å². The molecule has 0 bridgehead atoms. The summed E-state index contributed by atoms with van der Waals surface area (Å²) in [5.41, 5.74) is -0.0943. The maximum atomic E-state index is 11.3. The summed E-state index contributed by atoms with van der Waals surface area (Å²) in [6.07, 6.45) is 0.913. The van der Waals surface area contributed by atoms with Gasteiger partial charge in [0.2, 0.25) is 0 Å². The van der Waals surface area contributed by atoms with Crippen molar-refractivity contribution in [1.29, 1.82) is 0 Å². The molecule has 0 saturated heterocycles. The molecule has 0 aromatic carbocycles. The first kappa shape index (κ1) is 13.5. The van der Waals surface area contributed by atoms with E-state index in [-0.39, 0.29) is 29.6 Å². The highest BCUT2D eigenvalue weighted by Crippen LogP contribution is 2.40. The van der Waals surface area contributed by atoms with Gasteiger partial charge in [-0.2, -0.15) is 0 Å². The molecule has 0 radical (unpaired) electrons. The molecule has 1 aliphatic carbocycles. The molecule has 1 saturated carbocycles. The molecule has 0 aliphatic heterocycles. The molecule has 1 fully saturated rings. The Kier molecular flexibility index (Phi) is 4.33. The van der Waals surface area contributed by atoms with Crippen LogP contribution in [0.2, 0.25) is 0 Å². The maximum Gasteiger partial charge on any atom is 0.307 e. The maximum absolute atomic E-state index is 11.3. The number of hydrogen-bond acceptors (Lipinski definition) is 4. The molecule has 3 atom stereocenters. The first-order valence-corrected chi connectivity index (χ1v) is 5.97. The van der Waals surface area contributed by atoms with Crippen molar-refractivity contribution in [3.8, 4) is 0 Å². The number of carbonyl (C=O) groups excluding carboxylic acids is 1. The van der Waals surface area contributed by atoms with Gasteiger partial charge >= 0.3 is 5.97 Å². The van der Waals surface area contributed by atoms with Gasteiger partial charge in [0.05, 0.1) is 19.1 Å². The molecule has 4 heteroatoms. The van der Waals surface area contributed by atoms with Gasteiger partial charge in [0.25, 0.3) is 0 Å². The molecule has 0 spiro atoms. The summed E-state index contributed by atoms with van der Waals surface area (Å²) in [4.78, 5) is 11.3. The van der Waals surface area contributed by atoms with Crippen molar-refractivity contribution in [2.24, 2.45) is 5.41 Å². The van der Waals surface area contributed by atoms with Crippen LogP contribution in [0.3, 0.4) is 0 Å². The van der Waals surface area contributed by atoms with Crippen molar-refractivity contribution in [1.82, 2.24) is 5.32 Å². The summed E-state index contributed by atoms with van der Waals surface area (Å²) < 4.78 is 4.89. The Morgan fingerprint density at radius 1 is 1.62 bits per heavy atom. The van der Waals surface area contributed by atoms with Gasteiger partial charge in [-0.05, 0) is 20.3 Å². The molecule has 0 amide bonds. The van der Waals surface area contributed by atoms with Gasteiger partial charge < -0.3 is 15.2 Å². The van der Waals surface area contributed by atoms with E-state index in [1.54, 1.807) is 6.92 Å². The van der Waals surface area contributed by atoms with Crippen molar-refractivity contribution < 1.29 is 14.6 Å². The molecule has 4 nitrogen and oxygen atoms in total. The molecule has 1 rings (SSSR count). The predicted octanol–water partition coefficient (Wildman–Crippen LogP) is 1.08. The third-order valence-electron chi connectivity index (χ3n) is 3.48. The fourth-order valence-corrected chi connectivity index (χ4v) is 2.06. The highest BCUT2D eigenvalue weighted by atomic mass is 16.5. The van der Waals surface area contributed by atoms with E-state index in [9.17, 15) is 9.90 Å².